The molecule has 2 heterocycles. The topological polar surface area (TPSA) is 78.5 Å². The van der Waals surface area contributed by atoms with E-state index in [9.17, 15) is 0 Å². The zero-order valence-electron chi connectivity index (χ0n) is 13.1. The van der Waals surface area contributed by atoms with Gasteiger partial charge in [0.15, 0.2) is 0 Å². The molecule has 0 bridgehead atoms. The van der Waals surface area contributed by atoms with Gasteiger partial charge in [-0.25, -0.2) is 9.97 Å². The lowest BCUT2D eigenvalue weighted by atomic mass is 10.2. The molecule has 1 aromatic carbocycles. The van der Waals surface area contributed by atoms with Crippen LogP contribution in [-0.2, 0) is 12.8 Å². The van der Waals surface area contributed by atoms with Gasteiger partial charge in [-0.05, 0) is 18.6 Å². The highest BCUT2D eigenvalue weighted by atomic mass is 15.1. The van der Waals surface area contributed by atoms with Crippen LogP contribution in [0.2, 0.25) is 0 Å². The van der Waals surface area contributed by atoms with E-state index < -0.39 is 0 Å². The summed E-state index contributed by atoms with van der Waals surface area (Å²) in [5.41, 5.74) is 3.18. The van der Waals surface area contributed by atoms with Crippen LogP contribution in [0.15, 0.2) is 49.1 Å². The lowest BCUT2D eigenvalue weighted by molar-refractivity contribution is 0.950. The van der Waals surface area contributed by atoms with Crippen LogP contribution < -0.4 is 10.6 Å². The second-order valence-corrected chi connectivity index (χ2v) is 5.17. The molecule has 3 N–H and O–H groups in total. The SMILES string of the molecule is CCc1cnc(Nc2ccccc2)nc1NCCc1cnc[nH]1. The second kappa shape index (κ2) is 7.40. The Kier molecular flexibility index (Phi) is 4.83. The van der Waals surface area contributed by atoms with Crippen LogP contribution in [0.1, 0.15) is 18.2 Å². The molecule has 0 aliphatic heterocycles. The van der Waals surface area contributed by atoms with Crippen LogP contribution in [-0.4, -0.2) is 26.5 Å². The average molecular weight is 308 g/mol. The van der Waals surface area contributed by atoms with Gasteiger partial charge in [0.25, 0.3) is 0 Å². The number of nitrogens with zero attached hydrogens (tertiary/aromatic N) is 3. The molecule has 0 atom stereocenters. The first-order valence-corrected chi connectivity index (χ1v) is 7.74. The minimum Gasteiger partial charge on any atom is -0.369 e. The number of aryl methyl sites for hydroxylation is 1. The van der Waals surface area contributed by atoms with Crippen LogP contribution in [0.25, 0.3) is 0 Å². The summed E-state index contributed by atoms with van der Waals surface area (Å²) in [5.74, 6) is 1.47. The van der Waals surface area contributed by atoms with Crippen molar-refractivity contribution < 1.29 is 0 Å². The van der Waals surface area contributed by atoms with Crippen LogP contribution in [0.5, 0.6) is 0 Å². The predicted molar refractivity (Wildman–Crippen MR) is 91.9 cm³/mol. The molecular weight excluding hydrogens is 288 g/mol. The summed E-state index contributed by atoms with van der Waals surface area (Å²) < 4.78 is 0. The van der Waals surface area contributed by atoms with Gasteiger partial charge in [-0.2, -0.15) is 4.98 Å². The fourth-order valence-corrected chi connectivity index (χ4v) is 2.27. The second-order valence-electron chi connectivity index (χ2n) is 5.17. The maximum atomic E-state index is 4.60. The largest absolute Gasteiger partial charge is 0.369 e. The zero-order valence-corrected chi connectivity index (χ0v) is 13.1. The molecule has 2 aromatic heterocycles. The lowest BCUT2D eigenvalue weighted by Gasteiger charge is -2.12. The molecule has 0 aliphatic rings. The molecule has 0 amide bonds. The molecule has 0 fully saturated rings. The summed E-state index contributed by atoms with van der Waals surface area (Å²) in [6.07, 6.45) is 7.16. The van der Waals surface area contributed by atoms with Crippen molar-refractivity contribution in [2.24, 2.45) is 0 Å². The maximum Gasteiger partial charge on any atom is 0.229 e. The number of nitrogens with one attached hydrogen (secondary N) is 3. The molecule has 6 nitrogen and oxygen atoms in total. The molecule has 23 heavy (non-hydrogen) atoms. The lowest BCUT2D eigenvalue weighted by Crippen LogP contribution is -2.10. The average Bonchev–Trinajstić information content (AvgIpc) is 3.09. The Labute approximate surface area is 135 Å². The quantitative estimate of drug-likeness (QED) is 0.625. The Morgan fingerprint density at radius 1 is 1.13 bits per heavy atom. The van der Waals surface area contributed by atoms with E-state index in [-0.39, 0.29) is 0 Å². The van der Waals surface area contributed by atoms with Gasteiger partial charge in [-0.1, -0.05) is 25.1 Å². The number of imidazole rings is 1. The van der Waals surface area contributed by atoms with Gasteiger partial charge in [0.2, 0.25) is 5.95 Å². The predicted octanol–water partition coefficient (Wildman–Crippen LogP) is 3.16. The molecular formula is C17H20N6. The molecule has 118 valence electrons. The van der Waals surface area contributed by atoms with Crippen molar-refractivity contribution in [1.82, 2.24) is 19.9 Å². The third-order valence-electron chi connectivity index (χ3n) is 3.52. The molecule has 0 radical (unpaired) electrons. The number of aromatic nitrogens is 4. The molecule has 0 aliphatic carbocycles. The molecule has 0 saturated heterocycles. The molecule has 6 heteroatoms. The van der Waals surface area contributed by atoms with Crippen molar-refractivity contribution in [2.45, 2.75) is 19.8 Å². The van der Waals surface area contributed by atoms with Crippen molar-refractivity contribution >= 4 is 17.5 Å². The monoisotopic (exact) mass is 308 g/mol. The Morgan fingerprint density at radius 3 is 2.74 bits per heavy atom. The van der Waals surface area contributed by atoms with Gasteiger partial charge in [-0.3, -0.25) is 0 Å². The van der Waals surface area contributed by atoms with Crippen molar-refractivity contribution in [1.29, 1.82) is 0 Å². The summed E-state index contributed by atoms with van der Waals surface area (Å²) in [7, 11) is 0. The van der Waals surface area contributed by atoms with Gasteiger partial charge in [0.1, 0.15) is 5.82 Å². The minimum absolute atomic E-state index is 0.595. The number of anilines is 3. The zero-order chi connectivity index (χ0) is 15.9. The van der Waals surface area contributed by atoms with E-state index in [1.165, 1.54) is 0 Å². The number of benzene rings is 1. The minimum atomic E-state index is 0.595. The molecule has 3 rings (SSSR count). The first kappa shape index (κ1) is 15.0. The van der Waals surface area contributed by atoms with E-state index in [0.717, 1.165) is 42.1 Å². The highest BCUT2D eigenvalue weighted by Gasteiger charge is 2.06. The summed E-state index contributed by atoms with van der Waals surface area (Å²) in [5, 5.41) is 6.61. The smallest absolute Gasteiger partial charge is 0.229 e. The van der Waals surface area contributed by atoms with Gasteiger partial charge in [-0.15, -0.1) is 0 Å². The maximum absolute atomic E-state index is 4.60. The van der Waals surface area contributed by atoms with Gasteiger partial charge < -0.3 is 15.6 Å². The Bertz CT molecular complexity index is 724. The number of hydrogen-bond acceptors (Lipinski definition) is 5. The standard InChI is InChI=1S/C17H20N6/c1-2-13-10-20-17(22-14-6-4-3-5-7-14)23-16(13)19-9-8-15-11-18-12-21-15/h3-7,10-12H,2,8-9H2,1H3,(H,18,21)(H2,19,20,22,23). The van der Waals surface area contributed by atoms with E-state index in [0.29, 0.717) is 5.95 Å². The number of hydrogen-bond donors (Lipinski definition) is 3. The molecule has 3 aromatic rings. The van der Waals surface area contributed by atoms with Crippen LogP contribution in [0.3, 0.4) is 0 Å². The van der Waals surface area contributed by atoms with Crippen molar-refractivity contribution in [3.8, 4) is 0 Å². The number of aromatic amines is 1. The van der Waals surface area contributed by atoms with E-state index in [4.69, 9.17) is 0 Å². The number of rotatable bonds is 7. The first-order valence-electron chi connectivity index (χ1n) is 7.74. The van der Waals surface area contributed by atoms with E-state index in [1.807, 2.05) is 42.7 Å². The summed E-state index contributed by atoms with van der Waals surface area (Å²) in [4.78, 5) is 16.1. The van der Waals surface area contributed by atoms with Crippen LogP contribution >= 0.6 is 0 Å². The van der Waals surface area contributed by atoms with Crippen LogP contribution in [0.4, 0.5) is 17.5 Å². The highest BCUT2D eigenvalue weighted by Crippen LogP contribution is 2.17. The molecule has 0 unspecified atom stereocenters. The molecule has 0 spiro atoms. The summed E-state index contributed by atoms with van der Waals surface area (Å²) >= 11 is 0. The fourth-order valence-electron chi connectivity index (χ4n) is 2.27. The number of para-hydroxylation sites is 1. The first-order chi connectivity index (χ1) is 11.3. The third kappa shape index (κ3) is 4.06. The van der Waals surface area contributed by atoms with Gasteiger partial charge >= 0.3 is 0 Å². The Morgan fingerprint density at radius 2 is 2.00 bits per heavy atom. The molecule has 0 saturated carbocycles. The summed E-state index contributed by atoms with van der Waals surface area (Å²) in [6.45, 7) is 2.89. The highest BCUT2D eigenvalue weighted by molar-refractivity contribution is 5.56. The normalized spacial score (nSPS) is 10.5. The van der Waals surface area contributed by atoms with Gasteiger partial charge in [0, 0.05) is 42.3 Å². The van der Waals surface area contributed by atoms with Gasteiger partial charge in [0.05, 0.1) is 6.33 Å². The summed E-state index contributed by atoms with van der Waals surface area (Å²) in [6, 6.07) is 9.91. The van der Waals surface area contributed by atoms with E-state index >= 15 is 0 Å². The number of H-pyrrole nitrogens is 1. The van der Waals surface area contributed by atoms with E-state index in [1.54, 1.807) is 6.33 Å². The third-order valence-corrected chi connectivity index (χ3v) is 3.52. The fraction of sp³-hybridized carbons (Fsp3) is 0.235. The van der Waals surface area contributed by atoms with Crippen molar-refractivity contribution in [3.05, 3.63) is 60.3 Å². The Hall–Kier alpha value is -2.89. The van der Waals surface area contributed by atoms with Crippen LogP contribution in [0, 0.1) is 0 Å². The Balaban J connectivity index is 1.68. The van der Waals surface area contributed by atoms with Crippen molar-refractivity contribution in [3.63, 3.8) is 0 Å². The van der Waals surface area contributed by atoms with E-state index in [2.05, 4.69) is 37.5 Å². The van der Waals surface area contributed by atoms with Crippen molar-refractivity contribution in [2.75, 3.05) is 17.2 Å².